The lowest BCUT2D eigenvalue weighted by Gasteiger charge is -2.32. The van der Waals surface area contributed by atoms with Crippen molar-refractivity contribution < 1.29 is 14.6 Å². The van der Waals surface area contributed by atoms with E-state index in [0.29, 0.717) is 32.7 Å². The molecule has 0 unspecified atom stereocenters. The zero-order chi connectivity index (χ0) is 13.8. The zero-order valence-electron chi connectivity index (χ0n) is 11.6. The lowest BCUT2D eigenvalue weighted by atomic mass is 9.97. The molecular formula is C15H21NO3. The van der Waals surface area contributed by atoms with Gasteiger partial charge >= 0.3 is 5.97 Å². The van der Waals surface area contributed by atoms with Gasteiger partial charge < -0.3 is 9.84 Å². The number of hydrogen-bond donors (Lipinski definition) is 1. The van der Waals surface area contributed by atoms with E-state index in [4.69, 9.17) is 4.74 Å². The number of aliphatic carboxylic acids is 1. The number of carboxylic acid groups (broad SMARTS) is 1. The molecule has 1 fully saturated rings. The molecule has 1 aromatic rings. The van der Waals surface area contributed by atoms with Crippen LogP contribution in [0.5, 0.6) is 0 Å². The van der Waals surface area contributed by atoms with Crippen LogP contribution < -0.4 is 0 Å². The molecule has 0 radical (unpaired) electrons. The maximum atomic E-state index is 11.5. The van der Waals surface area contributed by atoms with Gasteiger partial charge in [0.15, 0.2) is 0 Å². The molecule has 1 atom stereocenters. The van der Waals surface area contributed by atoms with E-state index in [-0.39, 0.29) is 0 Å². The molecule has 1 aliphatic heterocycles. The first-order valence-electron chi connectivity index (χ1n) is 6.69. The predicted octanol–water partition coefficient (Wildman–Crippen LogP) is 1.63. The minimum absolute atomic E-state index is 0.454. The van der Waals surface area contributed by atoms with Gasteiger partial charge in [0.1, 0.15) is 6.04 Å². The van der Waals surface area contributed by atoms with Gasteiger partial charge in [-0.25, -0.2) is 0 Å². The summed E-state index contributed by atoms with van der Waals surface area (Å²) in [5, 5.41) is 9.46. The third-order valence-corrected chi connectivity index (χ3v) is 3.90. The van der Waals surface area contributed by atoms with Gasteiger partial charge in [0.25, 0.3) is 0 Å². The molecule has 19 heavy (non-hydrogen) atoms. The number of benzene rings is 1. The van der Waals surface area contributed by atoms with E-state index < -0.39 is 12.0 Å². The van der Waals surface area contributed by atoms with Crippen LogP contribution in [0.15, 0.2) is 18.2 Å². The van der Waals surface area contributed by atoms with Gasteiger partial charge in [-0.2, -0.15) is 0 Å². The van der Waals surface area contributed by atoms with Crippen LogP contribution in [0, 0.1) is 13.8 Å². The Morgan fingerprint density at radius 3 is 2.68 bits per heavy atom. The fraction of sp³-hybridized carbons (Fsp3) is 0.533. The molecule has 4 nitrogen and oxygen atoms in total. The summed E-state index contributed by atoms with van der Waals surface area (Å²) in [4.78, 5) is 13.5. The molecule has 1 aromatic carbocycles. The quantitative estimate of drug-likeness (QED) is 0.897. The summed E-state index contributed by atoms with van der Waals surface area (Å²) in [5.41, 5.74) is 3.53. The van der Waals surface area contributed by atoms with Gasteiger partial charge in [0.2, 0.25) is 0 Å². The summed E-state index contributed by atoms with van der Waals surface area (Å²) < 4.78 is 5.29. The molecule has 1 aliphatic rings. The Balaban J connectivity index is 2.16. The highest BCUT2D eigenvalue weighted by Crippen LogP contribution is 2.17. The number of rotatable bonds is 4. The van der Waals surface area contributed by atoms with Crippen LogP contribution in [0.25, 0.3) is 0 Å². The van der Waals surface area contributed by atoms with E-state index >= 15 is 0 Å². The van der Waals surface area contributed by atoms with Crippen LogP contribution >= 0.6 is 0 Å². The van der Waals surface area contributed by atoms with E-state index in [2.05, 4.69) is 19.9 Å². The molecule has 1 N–H and O–H groups in total. The van der Waals surface area contributed by atoms with Crippen molar-refractivity contribution in [3.8, 4) is 0 Å². The SMILES string of the molecule is Cc1cccc(C[C@@H](C(=O)O)N2CCOCC2)c1C. The number of ether oxygens (including phenoxy) is 1. The number of morpholine rings is 1. The van der Waals surface area contributed by atoms with Crippen molar-refractivity contribution in [3.05, 3.63) is 34.9 Å². The Morgan fingerprint density at radius 1 is 1.37 bits per heavy atom. The summed E-state index contributed by atoms with van der Waals surface area (Å²) >= 11 is 0. The summed E-state index contributed by atoms with van der Waals surface area (Å²) in [6, 6.07) is 5.63. The summed E-state index contributed by atoms with van der Waals surface area (Å²) in [7, 11) is 0. The van der Waals surface area contributed by atoms with Crippen molar-refractivity contribution in [2.45, 2.75) is 26.3 Å². The average Bonchev–Trinajstić information content (AvgIpc) is 2.41. The first kappa shape index (κ1) is 14.0. The third-order valence-electron chi connectivity index (χ3n) is 3.90. The van der Waals surface area contributed by atoms with Gasteiger partial charge in [0, 0.05) is 13.1 Å². The second-order valence-electron chi connectivity index (χ2n) is 5.07. The van der Waals surface area contributed by atoms with Gasteiger partial charge in [-0.05, 0) is 37.0 Å². The topological polar surface area (TPSA) is 49.8 Å². The highest BCUT2D eigenvalue weighted by Gasteiger charge is 2.27. The summed E-state index contributed by atoms with van der Waals surface area (Å²) in [6.45, 7) is 6.75. The largest absolute Gasteiger partial charge is 0.480 e. The Hall–Kier alpha value is -1.39. The second kappa shape index (κ2) is 6.17. The van der Waals surface area contributed by atoms with E-state index in [0.717, 1.165) is 5.56 Å². The fourth-order valence-corrected chi connectivity index (χ4v) is 2.50. The molecule has 0 bridgehead atoms. The van der Waals surface area contributed by atoms with E-state index in [1.54, 1.807) is 0 Å². The minimum atomic E-state index is -0.747. The number of aryl methyl sites for hydroxylation is 1. The highest BCUT2D eigenvalue weighted by molar-refractivity contribution is 5.74. The lowest BCUT2D eigenvalue weighted by molar-refractivity contribution is -0.145. The van der Waals surface area contributed by atoms with Gasteiger partial charge in [-0.3, -0.25) is 9.69 Å². The van der Waals surface area contributed by atoms with Crippen LogP contribution in [0.2, 0.25) is 0 Å². The molecule has 104 valence electrons. The average molecular weight is 263 g/mol. The van der Waals surface area contributed by atoms with Crippen LogP contribution in [-0.2, 0) is 16.0 Å². The zero-order valence-corrected chi connectivity index (χ0v) is 11.6. The van der Waals surface area contributed by atoms with Crippen LogP contribution in [0.3, 0.4) is 0 Å². The van der Waals surface area contributed by atoms with Crippen LogP contribution in [0.1, 0.15) is 16.7 Å². The lowest BCUT2D eigenvalue weighted by Crippen LogP contribution is -2.48. The molecule has 1 heterocycles. The maximum absolute atomic E-state index is 11.5. The normalized spacial score (nSPS) is 18.2. The first-order valence-corrected chi connectivity index (χ1v) is 6.69. The highest BCUT2D eigenvalue weighted by atomic mass is 16.5. The van der Waals surface area contributed by atoms with E-state index in [9.17, 15) is 9.90 Å². The summed E-state index contributed by atoms with van der Waals surface area (Å²) in [6.07, 6.45) is 0.558. The van der Waals surface area contributed by atoms with Crippen molar-refractivity contribution in [1.82, 2.24) is 4.90 Å². The van der Waals surface area contributed by atoms with E-state index in [1.807, 2.05) is 17.0 Å². The van der Waals surface area contributed by atoms with Crippen molar-refractivity contribution in [2.24, 2.45) is 0 Å². The number of hydrogen-bond acceptors (Lipinski definition) is 3. The first-order chi connectivity index (χ1) is 9.09. The predicted molar refractivity (Wildman–Crippen MR) is 73.4 cm³/mol. The van der Waals surface area contributed by atoms with Gasteiger partial charge in [0.05, 0.1) is 13.2 Å². The Kier molecular flexibility index (Phi) is 4.56. The molecule has 0 amide bonds. The Morgan fingerprint density at radius 2 is 2.05 bits per heavy atom. The van der Waals surface area contributed by atoms with Crippen molar-refractivity contribution >= 4 is 5.97 Å². The van der Waals surface area contributed by atoms with Gasteiger partial charge in [-0.15, -0.1) is 0 Å². The monoisotopic (exact) mass is 263 g/mol. The van der Waals surface area contributed by atoms with Crippen LogP contribution in [-0.4, -0.2) is 48.3 Å². The molecule has 0 aliphatic carbocycles. The molecule has 4 heteroatoms. The van der Waals surface area contributed by atoms with Gasteiger partial charge in [-0.1, -0.05) is 18.2 Å². The second-order valence-corrected chi connectivity index (χ2v) is 5.07. The fourth-order valence-electron chi connectivity index (χ4n) is 2.50. The smallest absolute Gasteiger partial charge is 0.321 e. The number of carboxylic acids is 1. The molecule has 2 rings (SSSR count). The number of carbonyl (C=O) groups is 1. The van der Waals surface area contributed by atoms with Crippen LogP contribution in [0.4, 0.5) is 0 Å². The van der Waals surface area contributed by atoms with Crippen molar-refractivity contribution in [2.75, 3.05) is 26.3 Å². The molecule has 0 aromatic heterocycles. The Labute approximate surface area is 114 Å². The molecule has 1 saturated heterocycles. The molecule has 0 saturated carbocycles. The maximum Gasteiger partial charge on any atom is 0.321 e. The summed E-state index contributed by atoms with van der Waals surface area (Å²) in [5.74, 6) is -0.747. The third kappa shape index (κ3) is 3.33. The van der Waals surface area contributed by atoms with E-state index in [1.165, 1.54) is 11.1 Å². The van der Waals surface area contributed by atoms with Crippen molar-refractivity contribution in [3.63, 3.8) is 0 Å². The van der Waals surface area contributed by atoms with Crippen molar-refractivity contribution in [1.29, 1.82) is 0 Å². The Bertz CT molecular complexity index is 453. The standard InChI is InChI=1S/C15H21NO3/c1-11-4-3-5-13(12(11)2)10-14(15(17)18)16-6-8-19-9-7-16/h3-5,14H,6-10H2,1-2H3,(H,17,18)/t14-/m0/s1. The molecule has 0 spiro atoms. The number of nitrogens with zero attached hydrogens (tertiary/aromatic N) is 1. The minimum Gasteiger partial charge on any atom is -0.480 e. The molecular weight excluding hydrogens is 242 g/mol.